The SMILES string of the molecule is COCCN1CC2CCC(C1)C1CCCCC21. The Hall–Kier alpha value is -0.0800. The van der Waals surface area contributed by atoms with Crippen LogP contribution < -0.4 is 0 Å². The Morgan fingerprint density at radius 1 is 0.941 bits per heavy atom. The molecule has 4 unspecified atom stereocenters. The molecule has 2 bridgehead atoms. The first-order valence-corrected chi connectivity index (χ1v) is 7.60. The molecule has 0 N–H and O–H groups in total. The number of hydrogen-bond donors (Lipinski definition) is 0. The molecule has 2 heterocycles. The molecule has 0 amide bonds. The van der Waals surface area contributed by atoms with Crippen LogP contribution in [0.3, 0.4) is 0 Å². The van der Waals surface area contributed by atoms with Crippen LogP contribution in [0.4, 0.5) is 0 Å². The third kappa shape index (κ3) is 2.39. The van der Waals surface area contributed by atoms with Gasteiger partial charge in [0.05, 0.1) is 6.61 Å². The molecule has 2 aliphatic carbocycles. The Balaban J connectivity index is 1.69. The summed E-state index contributed by atoms with van der Waals surface area (Å²) in [5.74, 6) is 4.18. The van der Waals surface area contributed by atoms with Gasteiger partial charge in [-0.15, -0.1) is 0 Å². The molecule has 2 heteroatoms. The summed E-state index contributed by atoms with van der Waals surface area (Å²) in [4.78, 5) is 2.70. The normalized spacial score (nSPS) is 42.2. The Bertz CT molecular complexity index is 233. The molecule has 2 nitrogen and oxygen atoms in total. The second kappa shape index (κ2) is 5.27. The van der Waals surface area contributed by atoms with Gasteiger partial charge < -0.3 is 9.64 Å². The highest BCUT2D eigenvalue weighted by Gasteiger charge is 2.43. The molecule has 4 aliphatic rings. The van der Waals surface area contributed by atoms with Crippen molar-refractivity contribution in [2.24, 2.45) is 23.7 Å². The van der Waals surface area contributed by atoms with Crippen LogP contribution >= 0.6 is 0 Å². The molecular weight excluding hydrogens is 210 g/mol. The van der Waals surface area contributed by atoms with E-state index >= 15 is 0 Å². The van der Waals surface area contributed by atoms with Gasteiger partial charge in [0.25, 0.3) is 0 Å². The molecule has 4 rings (SSSR count). The first kappa shape index (κ1) is 12.0. The summed E-state index contributed by atoms with van der Waals surface area (Å²) >= 11 is 0. The van der Waals surface area contributed by atoms with Crippen molar-refractivity contribution in [3.8, 4) is 0 Å². The third-order valence-electron chi connectivity index (χ3n) is 5.59. The minimum atomic E-state index is 0.911. The zero-order valence-corrected chi connectivity index (χ0v) is 11.2. The van der Waals surface area contributed by atoms with Crippen LogP contribution in [0.15, 0.2) is 0 Å². The van der Waals surface area contributed by atoms with Crippen LogP contribution in [-0.2, 0) is 4.74 Å². The average Bonchev–Trinajstić information content (AvgIpc) is 2.67. The molecule has 98 valence electrons. The maximum Gasteiger partial charge on any atom is 0.0589 e. The van der Waals surface area contributed by atoms with E-state index in [2.05, 4.69) is 4.90 Å². The van der Waals surface area contributed by atoms with Crippen molar-refractivity contribution in [2.75, 3.05) is 33.4 Å². The lowest BCUT2D eigenvalue weighted by Gasteiger charge is -2.43. The van der Waals surface area contributed by atoms with E-state index < -0.39 is 0 Å². The smallest absolute Gasteiger partial charge is 0.0589 e. The topological polar surface area (TPSA) is 12.5 Å². The van der Waals surface area contributed by atoms with Gasteiger partial charge in [-0.1, -0.05) is 12.8 Å². The Morgan fingerprint density at radius 3 is 2.06 bits per heavy atom. The van der Waals surface area contributed by atoms with Crippen molar-refractivity contribution in [2.45, 2.75) is 38.5 Å². The van der Waals surface area contributed by atoms with Gasteiger partial charge in [0, 0.05) is 26.7 Å². The summed E-state index contributed by atoms with van der Waals surface area (Å²) in [5.41, 5.74) is 0. The zero-order valence-electron chi connectivity index (χ0n) is 11.2. The van der Waals surface area contributed by atoms with E-state index in [0.717, 1.165) is 36.8 Å². The van der Waals surface area contributed by atoms with Gasteiger partial charge in [-0.05, 0) is 49.4 Å². The van der Waals surface area contributed by atoms with Crippen LogP contribution in [0.25, 0.3) is 0 Å². The van der Waals surface area contributed by atoms with E-state index in [1.165, 1.54) is 51.6 Å². The molecule has 0 aromatic heterocycles. The minimum absolute atomic E-state index is 0.911. The number of hydrogen-bond acceptors (Lipinski definition) is 2. The van der Waals surface area contributed by atoms with Gasteiger partial charge in [0.15, 0.2) is 0 Å². The number of rotatable bonds is 3. The molecule has 4 atom stereocenters. The number of methoxy groups -OCH3 is 1. The van der Waals surface area contributed by atoms with Crippen molar-refractivity contribution < 1.29 is 4.74 Å². The highest BCUT2D eigenvalue weighted by molar-refractivity contribution is 4.95. The monoisotopic (exact) mass is 237 g/mol. The van der Waals surface area contributed by atoms with E-state index in [4.69, 9.17) is 4.74 Å². The number of nitrogens with zero attached hydrogens (tertiary/aromatic N) is 1. The van der Waals surface area contributed by atoms with Crippen molar-refractivity contribution in [1.82, 2.24) is 4.90 Å². The summed E-state index contributed by atoms with van der Waals surface area (Å²) in [6, 6.07) is 0. The first-order chi connectivity index (χ1) is 8.38. The van der Waals surface area contributed by atoms with Gasteiger partial charge in [-0.3, -0.25) is 0 Å². The molecule has 0 aromatic carbocycles. The maximum absolute atomic E-state index is 5.25. The molecule has 2 saturated carbocycles. The second-order valence-corrected chi connectivity index (χ2v) is 6.46. The maximum atomic E-state index is 5.25. The van der Waals surface area contributed by atoms with Gasteiger partial charge in [-0.2, -0.15) is 0 Å². The Labute approximate surface area is 106 Å². The van der Waals surface area contributed by atoms with E-state index in [-0.39, 0.29) is 0 Å². The summed E-state index contributed by atoms with van der Waals surface area (Å²) in [7, 11) is 1.83. The molecule has 0 spiro atoms. The molecule has 2 saturated heterocycles. The second-order valence-electron chi connectivity index (χ2n) is 6.46. The molecule has 0 aromatic rings. The lowest BCUT2D eigenvalue weighted by molar-refractivity contribution is 0.0766. The number of fused-ring (bicyclic) bond motifs is 3. The summed E-state index contributed by atoms with van der Waals surface area (Å²) in [5, 5.41) is 0. The van der Waals surface area contributed by atoms with Crippen LogP contribution in [0.1, 0.15) is 38.5 Å². The fourth-order valence-electron chi connectivity index (χ4n) is 4.81. The molecule has 0 radical (unpaired) electrons. The van der Waals surface area contributed by atoms with E-state index in [0.29, 0.717) is 0 Å². The fraction of sp³-hybridized carbons (Fsp3) is 1.00. The Morgan fingerprint density at radius 2 is 1.53 bits per heavy atom. The van der Waals surface area contributed by atoms with Crippen LogP contribution in [0.2, 0.25) is 0 Å². The molecule has 17 heavy (non-hydrogen) atoms. The Kier molecular flexibility index (Phi) is 3.72. The lowest BCUT2D eigenvalue weighted by Crippen LogP contribution is -2.36. The zero-order chi connectivity index (χ0) is 11.7. The van der Waals surface area contributed by atoms with Crippen LogP contribution in [0, 0.1) is 23.7 Å². The largest absolute Gasteiger partial charge is 0.383 e. The number of ether oxygens (including phenoxy) is 1. The summed E-state index contributed by atoms with van der Waals surface area (Å²) in [6.45, 7) is 4.79. The molecule has 4 fully saturated rings. The molecule has 2 aliphatic heterocycles. The van der Waals surface area contributed by atoms with Gasteiger partial charge in [-0.25, -0.2) is 0 Å². The summed E-state index contributed by atoms with van der Waals surface area (Å²) in [6.07, 6.45) is 9.09. The van der Waals surface area contributed by atoms with Crippen molar-refractivity contribution in [3.63, 3.8) is 0 Å². The highest BCUT2D eigenvalue weighted by Crippen LogP contribution is 2.49. The van der Waals surface area contributed by atoms with Gasteiger partial charge >= 0.3 is 0 Å². The molecular formula is C15H27NO. The van der Waals surface area contributed by atoms with Gasteiger partial charge in [0.2, 0.25) is 0 Å². The van der Waals surface area contributed by atoms with Crippen molar-refractivity contribution in [1.29, 1.82) is 0 Å². The van der Waals surface area contributed by atoms with E-state index in [9.17, 15) is 0 Å². The van der Waals surface area contributed by atoms with E-state index in [1.54, 1.807) is 0 Å². The first-order valence-electron chi connectivity index (χ1n) is 7.60. The average molecular weight is 237 g/mol. The minimum Gasteiger partial charge on any atom is -0.383 e. The predicted molar refractivity (Wildman–Crippen MR) is 70.0 cm³/mol. The predicted octanol–water partition coefficient (Wildman–Crippen LogP) is 2.78. The standard InChI is InChI=1S/C15H27NO/c1-17-9-8-16-10-12-6-7-13(11-16)15-5-3-2-4-14(12)15/h12-15H,2-11H2,1H3. The summed E-state index contributed by atoms with van der Waals surface area (Å²) < 4.78 is 5.25. The third-order valence-corrected chi connectivity index (χ3v) is 5.59. The van der Waals surface area contributed by atoms with Crippen molar-refractivity contribution >= 4 is 0 Å². The van der Waals surface area contributed by atoms with E-state index in [1.807, 2.05) is 7.11 Å². The quantitative estimate of drug-likeness (QED) is 0.748. The van der Waals surface area contributed by atoms with Crippen molar-refractivity contribution in [3.05, 3.63) is 0 Å². The highest BCUT2D eigenvalue weighted by atomic mass is 16.5. The van der Waals surface area contributed by atoms with Crippen LogP contribution in [-0.4, -0.2) is 38.3 Å². The fourth-order valence-corrected chi connectivity index (χ4v) is 4.81. The lowest BCUT2D eigenvalue weighted by atomic mass is 9.62. The van der Waals surface area contributed by atoms with Gasteiger partial charge in [0.1, 0.15) is 0 Å². The van der Waals surface area contributed by atoms with Crippen LogP contribution in [0.5, 0.6) is 0 Å².